The lowest BCUT2D eigenvalue weighted by Gasteiger charge is -2.37. The van der Waals surface area contributed by atoms with Crippen LogP contribution in [-0.2, 0) is 26.9 Å². The van der Waals surface area contributed by atoms with Gasteiger partial charge in [-0.3, -0.25) is 19.5 Å². The number of alkyl halides is 6. The first-order valence-corrected chi connectivity index (χ1v) is 18.3. The van der Waals surface area contributed by atoms with Crippen molar-refractivity contribution in [3.05, 3.63) is 70.0 Å². The minimum absolute atomic E-state index is 0.0121. The zero-order valence-corrected chi connectivity index (χ0v) is 31.9. The van der Waals surface area contributed by atoms with Gasteiger partial charge in [0.25, 0.3) is 11.8 Å². The van der Waals surface area contributed by atoms with E-state index >= 15 is 0 Å². The molecule has 17 nitrogen and oxygen atoms in total. The smallest absolute Gasteiger partial charge is 0.475 e. The lowest BCUT2D eigenvalue weighted by Crippen LogP contribution is -2.52. The Bertz CT molecular complexity index is 2120. The van der Waals surface area contributed by atoms with Crippen LogP contribution in [0.3, 0.4) is 0 Å². The summed E-state index contributed by atoms with van der Waals surface area (Å²) >= 11 is 6.48. The number of benzene rings is 1. The van der Waals surface area contributed by atoms with Crippen molar-refractivity contribution in [1.82, 2.24) is 45.2 Å². The fourth-order valence-corrected chi connectivity index (χ4v) is 6.41. The Labute approximate surface area is 336 Å². The zero-order chi connectivity index (χ0) is 42.9. The molecule has 318 valence electrons. The van der Waals surface area contributed by atoms with Gasteiger partial charge in [0.1, 0.15) is 17.2 Å². The van der Waals surface area contributed by atoms with Gasteiger partial charge >= 0.3 is 18.3 Å². The van der Waals surface area contributed by atoms with Crippen molar-refractivity contribution in [3.63, 3.8) is 0 Å². The maximum atomic E-state index is 14.0. The molecule has 0 atom stereocenters. The van der Waals surface area contributed by atoms with Crippen LogP contribution in [0.25, 0.3) is 11.5 Å². The van der Waals surface area contributed by atoms with Crippen LogP contribution in [0, 0.1) is 5.92 Å². The fraction of sp³-hybridized carbons (Fsp3) is 0.429. The molecule has 24 heteroatoms. The number of aromatic amines is 2. The molecule has 1 aromatic carbocycles. The summed E-state index contributed by atoms with van der Waals surface area (Å²) in [6.45, 7) is 4.10. The van der Waals surface area contributed by atoms with Gasteiger partial charge in [0.05, 0.1) is 17.2 Å². The number of piperidine rings is 1. The average molecular weight is 858 g/mol. The number of nitrogens with zero attached hydrogens (tertiary/aromatic N) is 6. The summed E-state index contributed by atoms with van der Waals surface area (Å²) in [4.78, 5) is 66.9. The summed E-state index contributed by atoms with van der Waals surface area (Å²) in [6, 6.07) is 6.02. The molecule has 0 spiro atoms. The van der Waals surface area contributed by atoms with Crippen LogP contribution in [0.2, 0.25) is 5.02 Å². The summed E-state index contributed by atoms with van der Waals surface area (Å²) in [5.74, 6) is -3.41. The quantitative estimate of drug-likeness (QED) is 0.0928. The summed E-state index contributed by atoms with van der Waals surface area (Å²) in [5.41, 5.74) is -0.714. The number of aromatic nitrogens is 6. The summed E-state index contributed by atoms with van der Waals surface area (Å²) in [7, 11) is 1.54. The van der Waals surface area contributed by atoms with Crippen LogP contribution in [0.1, 0.15) is 50.8 Å². The Hall–Kier alpha value is -5.81. The van der Waals surface area contributed by atoms with Crippen molar-refractivity contribution in [2.45, 2.75) is 31.6 Å². The second-order valence-corrected chi connectivity index (χ2v) is 13.5. The number of piperazine rings is 1. The molecule has 2 fully saturated rings. The number of aliphatic carboxylic acids is 1. The Morgan fingerprint density at radius 2 is 1.68 bits per heavy atom. The molecule has 0 radical (unpaired) electrons. The largest absolute Gasteiger partial charge is 0.490 e. The molecule has 2 saturated heterocycles. The molecular weight excluding hydrogens is 820 g/mol. The number of hydrogen-bond acceptors (Lipinski definition) is 11. The summed E-state index contributed by atoms with van der Waals surface area (Å²) in [6.07, 6.45) is -5.89. The van der Waals surface area contributed by atoms with Crippen LogP contribution in [0.5, 0.6) is 0 Å². The van der Waals surface area contributed by atoms with E-state index in [0.717, 1.165) is 25.9 Å². The Kier molecular flexibility index (Phi) is 14.5. The minimum atomic E-state index is -5.08. The average Bonchev–Trinajstić information content (AvgIpc) is 3.86. The van der Waals surface area contributed by atoms with Crippen LogP contribution < -0.4 is 16.0 Å². The van der Waals surface area contributed by atoms with E-state index in [9.17, 15) is 40.7 Å². The fourth-order valence-electron chi connectivity index (χ4n) is 6.15. The molecular formula is C35H38ClF6N11O6. The molecule has 4 aromatic rings. The van der Waals surface area contributed by atoms with E-state index in [1.807, 2.05) is 4.90 Å². The monoisotopic (exact) mass is 857 g/mol. The van der Waals surface area contributed by atoms with E-state index in [-0.39, 0.29) is 69.0 Å². The van der Waals surface area contributed by atoms with Crippen LogP contribution in [0.15, 0.2) is 36.7 Å². The Balaban J connectivity index is 0.000000867. The Morgan fingerprint density at radius 3 is 2.31 bits per heavy atom. The molecule has 0 aliphatic carbocycles. The number of imidazole rings is 1. The number of nitrogens with one attached hydrogen (secondary N) is 5. The first kappa shape index (κ1) is 44.3. The van der Waals surface area contributed by atoms with Crippen molar-refractivity contribution in [2.75, 3.05) is 70.2 Å². The number of halogens is 7. The molecule has 6 rings (SSSR count). The van der Waals surface area contributed by atoms with Crippen molar-refractivity contribution in [3.8, 4) is 11.5 Å². The molecule has 0 unspecified atom stereocenters. The molecule has 3 aromatic heterocycles. The van der Waals surface area contributed by atoms with Gasteiger partial charge in [-0.15, -0.1) is 0 Å². The maximum Gasteiger partial charge on any atom is 0.490 e. The number of H-pyrrole nitrogens is 2. The first-order chi connectivity index (χ1) is 28.0. The summed E-state index contributed by atoms with van der Waals surface area (Å²) < 4.78 is 78.7. The number of ether oxygens (including phenoxy) is 1. The molecule has 59 heavy (non-hydrogen) atoms. The minimum Gasteiger partial charge on any atom is -0.475 e. The van der Waals surface area contributed by atoms with E-state index in [2.05, 4.69) is 46.1 Å². The highest BCUT2D eigenvalue weighted by atomic mass is 35.5. The van der Waals surface area contributed by atoms with E-state index in [1.165, 1.54) is 37.7 Å². The maximum absolute atomic E-state index is 14.0. The number of carbonyl (C=O) groups excluding carboxylic acids is 3. The van der Waals surface area contributed by atoms with E-state index in [4.69, 9.17) is 26.2 Å². The van der Waals surface area contributed by atoms with E-state index in [0.29, 0.717) is 45.1 Å². The number of carboxylic acids is 1. The zero-order valence-electron chi connectivity index (χ0n) is 31.1. The van der Waals surface area contributed by atoms with Crippen LogP contribution in [-0.4, -0.2) is 134 Å². The number of anilines is 2. The number of carbonyl (C=O) groups is 4. The number of hydrogen-bond donors (Lipinski definition) is 6. The predicted molar refractivity (Wildman–Crippen MR) is 198 cm³/mol. The molecule has 3 amide bonds. The van der Waals surface area contributed by atoms with Crippen LogP contribution >= 0.6 is 11.6 Å². The van der Waals surface area contributed by atoms with Crippen molar-refractivity contribution in [2.24, 2.45) is 5.92 Å². The van der Waals surface area contributed by atoms with Gasteiger partial charge in [0, 0.05) is 81.5 Å². The second-order valence-electron chi connectivity index (χ2n) is 13.1. The predicted octanol–water partition coefficient (Wildman–Crippen LogP) is 4.08. The highest BCUT2D eigenvalue weighted by Crippen LogP contribution is 2.35. The van der Waals surface area contributed by atoms with Crippen molar-refractivity contribution >= 4 is 46.8 Å². The second kappa shape index (κ2) is 19.3. The number of amides is 3. The Morgan fingerprint density at radius 1 is 1.00 bits per heavy atom. The van der Waals surface area contributed by atoms with Gasteiger partial charge in [0.2, 0.25) is 5.91 Å². The van der Waals surface area contributed by atoms with Crippen molar-refractivity contribution in [1.29, 1.82) is 0 Å². The van der Waals surface area contributed by atoms with E-state index in [1.54, 1.807) is 11.0 Å². The summed E-state index contributed by atoms with van der Waals surface area (Å²) in [5, 5.41) is 22.1. The topological polar surface area (TPSA) is 223 Å². The normalized spacial score (nSPS) is 15.0. The van der Waals surface area contributed by atoms with Gasteiger partial charge in [0.15, 0.2) is 11.6 Å². The third-order valence-electron chi connectivity index (χ3n) is 9.11. The van der Waals surface area contributed by atoms with Gasteiger partial charge in [-0.2, -0.15) is 31.4 Å². The lowest BCUT2D eigenvalue weighted by molar-refractivity contribution is -0.192. The van der Waals surface area contributed by atoms with Gasteiger partial charge in [-0.25, -0.2) is 19.7 Å². The van der Waals surface area contributed by atoms with Gasteiger partial charge < -0.3 is 40.6 Å². The highest BCUT2D eigenvalue weighted by Gasteiger charge is 2.39. The standard InChI is InChI=1S/C33H37ClF3N11O4.C2HF3O2/c1-52-15-10-39-25-6-9-40-28(44-25)26-23(27(46-45-26)33(35,36)37)16-21-18-41-29(42-21)30(49)43-20-2-3-22(24(34)17-20)32(51)48-13-11-47(12-14-48)31(50)19-4-7-38-8-5-19;3-2(4,5)1(6)7/h2-3,6,9,17-19,38H,4-5,7-8,10-16H2,1H3,(H,41,42)(H,43,49)(H,45,46)(H,39,40,44);(H,6,7). The van der Waals surface area contributed by atoms with Crippen LogP contribution in [0.4, 0.5) is 37.8 Å². The molecule has 2 aliphatic rings. The third-order valence-corrected chi connectivity index (χ3v) is 9.42. The lowest BCUT2D eigenvalue weighted by atomic mass is 9.96. The molecule has 6 N–H and O–H groups in total. The van der Waals surface area contributed by atoms with E-state index < -0.39 is 29.9 Å². The van der Waals surface area contributed by atoms with Gasteiger partial charge in [-0.1, -0.05) is 11.6 Å². The van der Waals surface area contributed by atoms with Crippen molar-refractivity contribution < 1.29 is 55.4 Å². The molecule has 5 heterocycles. The molecule has 0 bridgehead atoms. The molecule has 2 aliphatic heterocycles. The number of rotatable bonds is 11. The van der Waals surface area contributed by atoms with Gasteiger partial charge in [-0.05, 0) is 50.2 Å². The highest BCUT2D eigenvalue weighted by molar-refractivity contribution is 6.34. The SMILES string of the molecule is COCCNc1ccnc(-c2n[nH]c(C(F)(F)F)c2Cc2cnc(C(=O)Nc3ccc(C(=O)N4CCN(C(=O)C5CCNCC5)CC4)c(Cl)c3)[nH]2)n1.O=C(O)C(F)(F)F. The molecule has 0 saturated carbocycles. The number of carboxylic acid groups (broad SMARTS) is 1. The number of methoxy groups -OCH3 is 1. The first-order valence-electron chi connectivity index (χ1n) is 17.9. The third kappa shape index (κ3) is 11.7.